The minimum Gasteiger partial charge on any atom is -0.353 e. The third kappa shape index (κ3) is 3.21. The van der Waals surface area contributed by atoms with E-state index >= 15 is 0 Å². The van der Waals surface area contributed by atoms with Gasteiger partial charge in [-0.1, -0.05) is 33.6 Å². The van der Waals surface area contributed by atoms with E-state index < -0.39 is 0 Å². The predicted molar refractivity (Wildman–Crippen MR) is 67.0 cm³/mol. The van der Waals surface area contributed by atoms with Crippen LogP contribution in [0.3, 0.4) is 0 Å². The molecular weight excluding hydrogens is 200 g/mol. The summed E-state index contributed by atoms with van der Waals surface area (Å²) < 4.78 is 0. The summed E-state index contributed by atoms with van der Waals surface area (Å²) in [6.45, 7) is 6.97. The molecule has 1 saturated carbocycles. The Labute approximate surface area is 99.2 Å². The number of amides is 1. The molecule has 1 amide bonds. The molecule has 0 heterocycles. The fourth-order valence-corrected chi connectivity index (χ4v) is 2.51. The Balaban J connectivity index is 2.55. The molecule has 0 aromatic carbocycles. The largest absolute Gasteiger partial charge is 0.353 e. The van der Waals surface area contributed by atoms with Crippen LogP contribution in [0.15, 0.2) is 0 Å². The third-order valence-electron chi connectivity index (χ3n) is 3.97. The molecule has 1 fully saturated rings. The molecule has 0 bridgehead atoms. The van der Waals surface area contributed by atoms with Crippen LogP contribution in [0.2, 0.25) is 0 Å². The van der Waals surface area contributed by atoms with Gasteiger partial charge in [0.05, 0.1) is 0 Å². The van der Waals surface area contributed by atoms with Crippen LogP contribution < -0.4 is 11.1 Å². The highest BCUT2D eigenvalue weighted by molar-refractivity contribution is 5.79. The SMILES string of the molecule is CCC(CN)C(=O)NC1CCCCC1(C)C. The lowest BCUT2D eigenvalue weighted by Gasteiger charge is -2.39. The summed E-state index contributed by atoms with van der Waals surface area (Å²) >= 11 is 0. The molecule has 0 spiro atoms. The van der Waals surface area contributed by atoms with Gasteiger partial charge in [0, 0.05) is 18.5 Å². The van der Waals surface area contributed by atoms with Crippen LogP contribution in [0.5, 0.6) is 0 Å². The van der Waals surface area contributed by atoms with Gasteiger partial charge in [0.1, 0.15) is 0 Å². The van der Waals surface area contributed by atoms with Crippen molar-refractivity contribution < 1.29 is 4.79 Å². The molecule has 0 radical (unpaired) electrons. The predicted octanol–water partition coefficient (Wildman–Crippen LogP) is 2.06. The molecule has 3 nitrogen and oxygen atoms in total. The van der Waals surface area contributed by atoms with Crippen molar-refractivity contribution in [1.29, 1.82) is 0 Å². The summed E-state index contributed by atoms with van der Waals surface area (Å²) in [5, 5.41) is 3.19. The number of nitrogens with two attached hydrogens (primary N) is 1. The monoisotopic (exact) mass is 226 g/mol. The zero-order valence-electron chi connectivity index (χ0n) is 10.9. The van der Waals surface area contributed by atoms with Gasteiger partial charge in [0.25, 0.3) is 0 Å². The Morgan fingerprint density at radius 2 is 2.19 bits per heavy atom. The Morgan fingerprint density at radius 1 is 1.50 bits per heavy atom. The minimum atomic E-state index is -0.0160. The molecule has 0 aromatic heterocycles. The van der Waals surface area contributed by atoms with Crippen molar-refractivity contribution in [2.24, 2.45) is 17.1 Å². The first-order chi connectivity index (χ1) is 7.51. The zero-order valence-corrected chi connectivity index (χ0v) is 10.9. The smallest absolute Gasteiger partial charge is 0.224 e. The van der Waals surface area contributed by atoms with Gasteiger partial charge >= 0.3 is 0 Å². The highest BCUT2D eigenvalue weighted by Crippen LogP contribution is 2.35. The van der Waals surface area contributed by atoms with Crippen molar-refractivity contribution in [2.75, 3.05) is 6.54 Å². The summed E-state index contributed by atoms with van der Waals surface area (Å²) in [4.78, 5) is 12.0. The average molecular weight is 226 g/mol. The third-order valence-corrected chi connectivity index (χ3v) is 3.97. The van der Waals surface area contributed by atoms with Crippen molar-refractivity contribution in [1.82, 2.24) is 5.32 Å². The zero-order chi connectivity index (χ0) is 12.2. The Bertz CT molecular complexity index is 234. The van der Waals surface area contributed by atoms with E-state index in [-0.39, 0.29) is 17.2 Å². The average Bonchev–Trinajstić information content (AvgIpc) is 2.23. The first-order valence-electron chi connectivity index (χ1n) is 6.51. The second kappa shape index (κ2) is 5.67. The quantitative estimate of drug-likeness (QED) is 0.771. The topological polar surface area (TPSA) is 55.1 Å². The number of nitrogens with one attached hydrogen (secondary N) is 1. The summed E-state index contributed by atoms with van der Waals surface area (Å²) in [5.41, 5.74) is 5.83. The maximum Gasteiger partial charge on any atom is 0.224 e. The van der Waals surface area contributed by atoms with E-state index in [0.717, 1.165) is 12.8 Å². The molecule has 2 atom stereocenters. The van der Waals surface area contributed by atoms with E-state index in [1.54, 1.807) is 0 Å². The second-order valence-corrected chi connectivity index (χ2v) is 5.64. The summed E-state index contributed by atoms with van der Waals surface area (Å²) in [6, 6.07) is 0.328. The minimum absolute atomic E-state index is 0.0160. The van der Waals surface area contributed by atoms with Gasteiger partial charge < -0.3 is 11.1 Å². The molecule has 1 rings (SSSR count). The Kier molecular flexibility index (Phi) is 4.78. The van der Waals surface area contributed by atoms with Crippen molar-refractivity contribution >= 4 is 5.91 Å². The van der Waals surface area contributed by atoms with E-state index in [4.69, 9.17) is 5.73 Å². The first kappa shape index (κ1) is 13.5. The van der Waals surface area contributed by atoms with E-state index in [9.17, 15) is 4.79 Å². The van der Waals surface area contributed by atoms with Crippen molar-refractivity contribution in [3.8, 4) is 0 Å². The second-order valence-electron chi connectivity index (χ2n) is 5.64. The fourth-order valence-electron chi connectivity index (χ4n) is 2.51. The number of hydrogen-bond donors (Lipinski definition) is 2. The lowest BCUT2D eigenvalue weighted by molar-refractivity contribution is -0.126. The highest BCUT2D eigenvalue weighted by Gasteiger charge is 2.33. The van der Waals surface area contributed by atoms with E-state index in [1.165, 1.54) is 19.3 Å². The van der Waals surface area contributed by atoms with Crippen LogP contribution in [-0.4, -0.2) is 18.5 Å². The normalized spacial score (nSPS) is 26.1. The molecule has 3 N–H and O–H groups in total. The number of carbonyl (C=O) groups excluding carboxylic acids is 1. The van der Waals surface area contributed by atoms with Gasteiger partial charge in [-0.3, -0.25) is 4.79 Å². The molecule has 16 heavy (non-hydrogen) atoms. The Morgan fingerprint density at radius 3 is 2.69 bits per heavy atom. The maximum atomic E-state index is 12.0. The molecule has 0 saturated heterocycles. The van der Waals surface area contributed by atoms with Gasteiger partial charge in [-0.05, 0) is 24.7 Å². The lowest BCUT2D eigenvalue weighted by atomic mass is 9.73. The van der Waals surface area contributed by atoms with Crippen molar-refractivity contribution in [2.45, 2.75) is 58.9 Å². The number of rotatable bonds is 4. The molecule has 1 aliphatic rings. The number of carbonyl (C=O) groups is 1. The molecular formula is C13H26N2O. The van der Waals surface area contributed by atoms with E-state index in [1.807, 2.05) is 6.92 Å². The number of hydrogen-bond acceptors (Lipinski definition) is 2. The van der Waals surface area contributed by atoms with E-state index in [2.05, 4.69) is 19.2 Å². The van der Waals surface area contributed by atoms with Gasteiger partial charge in [-0.15, -0.1) is 0 Å². The molecule has 1 aliphatic carbocycles. The van der Waals surface area contributed by atoms with Gasteiger partial charge in [0.2, 0.25) is 5.91 Å². The van der Waals surface area contributed by atoms with Crippen LogP contribution in [-0.2, 0) is 4.79 Å². The summed E-state index contributed by atoms with van der Waals surface area (Å²) in [7, 11) is 0. The molecule has 0 aliphatic heterocycles. The van der Waals surface area contributed by atoms with Crippen molar-refractivity contribution in [3.05, 3.63) is 0 Å². The Hall–Kier alpha value is -0.570. The molecule has 94 valence electrons. The summed E-state index contributed by atoms with van der Waals surface area (Å²) in [5.74, 6) is 0.128. The van der Waals surface area contributed by atoms with Crippen LogP contribution in [0, 0.1) is 11.3 Å². The lowest BCUT2D eigenvalue weighted by Crippen LogP contribution is -2.49. The highest BCUT2D eigenvalue weighted by atomic mass is 16.2. The van der Waals surface area contributed by atoms with Crippen LogP contribution in [0.1, 0.15) is 52.9 Å². The molecule has 3 heteroatoms. The fraction of sp³-hybridized carbons (Fsp3) is 0.923. The van der Waals surface area contributed by atoms with Crippen LogP contribution in [0.25, 0.3) is 0 Å². The molecule has 0 aromatic rings. The first-order valence-corrected chi connectivity index (χ1v) is 6.51. The maximum absolute atomic E-state index is 12.0. The van der Waals surface area contributed by atoms with E-state index in [0.29, 0.717) is 12.6 Å². The van der Waals surface area contributed by atoms with Gasteiger partial charge in [0.15, 0.2) is 0 Å². The molecule has 2 unspecified atom stereocenters. The van der Waals surface area contributed by atoms with Crippen LogP contribution >= 0.6 is 0 Å². The summed E-state index contributed by atoms with van der Waals surface area (Å²) in [6.07, 6.45) is 5.66. The van der Waals surface area contributed by atoms with Gasteiger partial charge in [-0.2, -0.15) is 0 Å². The standard InChI is InChI=1S/C13H26N2O/c1-4-10(9-14)12(16)15-11-7-5-6-8-13(11,2)3/h10-11H,4-9,14H2,1-3H3,(H,15,16). The van der Waals surface area contributed by atoms with Gasteiger partial charge in [-0.25, -0.2) is 0 Å². The van der Waals surface area contributed by atoms with Crippen LogP contribution in [0.4, 0.5) is 0 Å². The van der Waals surface area contributed by atoms with Crippen molar-refractivity contribution in [3.63, 3.8) is 0 Å².